The third-order valence-electron chi connectivity index (χ3n) is 2.66. The highest BCUT2D eigenvalue weighted by atomic mass is 16.1. The van der Waals surface area contributed by atoms with Crippen molar-refractivity contribution in [2.75, 3.05) is 0 Å². The second-order valence-electron chi connectivity index (χ2n) is 3.98. The Balaban J connectivity index is 2.76. The Hall–Kier alpha value is -2.34. The van der Waals surface area contributed by atoms with Crippen LogP contribution in [0.4, 0.5) is 0 Å². The van der Waals surface area contributed by atoms with Gasteiger partial charge in [-0.3, -0.25) is 9.36 Å². The fraction of sp³-hybridized carbons (Fsp3) is 0.143. The molecule has 0 aliphatic rings. The molecule has 3 heteroatoms. The van der Waals surface area contributed by atoms with E-state index in [4.69, 9.17) is 5.26 Å². The predicted molar refractivity (Wildman–Crippen MR) is 66.2 cm³/mol. The van der Waals surface area contributed by atoms with Gasteiger partial charge in [-0.15, -0.1) is 0 Å². The van der Waals surface area contributed by atoms with E-state index in [1.807, 2.05) is 44.2 Å². The van der Waals surface area contributed by atoms with Gasteiger partial charge in [-0.05, 0) is 43.7 Å². The normalized spacial score (nSPS) is 9.94. The maximum Gasteiger partial charge on any atom is 0.273 e. The minimum atomic E-state index is -0.266. The van der Waals surface area contributed by atoms with Gasteiger partial charge in [0.2, 0.25) is 0 Å². The highest BCUT2D eigenvalue weighted by Gasteiger charge is 2.07. The molecule has 0 unspecified atom stereocenters. The number of hydrogen-bond donors (Lipinski definition) is 0. The molecular weight excluding hydrogens is 212 g/mol. The van der Waals surface area contributed by atoms with Crippen molar-refractivity contribution in [3.8, 4) is 11.8 Å². The van der Waals surface area contributed by atoms with Crippen molar-refractivity contribution in [2.45, 2.75) is 13.8 Å². The summed E-state index contributed by atoms with van der Waals surface area (Å²) in [5.74, 6) is 0. The van der Waals surface area contributed by atoms with Crippen LogP contribution < -0.4 is 5.56 Å². The first-order valence-electron chi connectivity index (χ1n) is 5.33. The fourth-order valence-electron chi connectivity index (χ4n) is 1.80. The molecule has 2 aromatic rings. The number of rotatable bonds is 1. The summed E-state index contributed by atoms with van der Waals surface area (Å²) in [4.78, 5) is 12.1. The van der Waals surface area contributed by atoms with Crippen molar-refractivity contribution < 1.29 is 0 Å². The minimum absolute atomic E-state index is 0.164. The minimum Gasteiger partial charge on any atom is -0.280 e. The summed E-state index contributed by atoms with van der Waals surface area (Å²) >= 11 is 0. The lowest BCUT2D eigenvalue weighted by Crippen LogP contribution is -2.22. The Bertz CT molecular complexity index is 663. The molecule has 2 rings (SSSR count). The maximum absolute atomic E-state index is 12.1. The first-order chi connectivity index (χ1) is 8.13. The number of pyridine rings is 1. The van der Waals surface area contributed by atoms with Crippen LogP contribution in [0, 0.1) is 25.2 Å². The standard InChI is InChI=1S/C14H12N2O/c1-10-4-3-5-13(8-10)16-11(2)6-7-12(9-15)14(16)17/h3-8H,1-2H3. The molecule has 17 heavy (non-hydrogen) atoms. The Morgan fingerprint density at radius 2 is 1.94 bits per heavy atom. The molecule has 0 aliphatic carbocycles. The predicted octanol–water partition coefficient (Wildman–Crippen LogP) is 2.33. The van der Waals surface area contributed by atoms with Crippen LogP contribution in [0.3, 0.4) is 0 Å². The molecule has 0 amide bonds. The van der Waals surface area contributed by atoms with Gasteiger partial charge in [0.1, 0.15) is 11.6 Å². The Labute approximate surface area is 99.6 Å². The Kier molecular flexibility index (Phi) is 2.80. The molecule has 0 aliphatic heterocycles. The van der Waals surface area contributed by atoms with Crippen LogP contribution in [0.2, 0.25) is 0 Å². The van der Waals surface area contributed by atoms with Gasteiger partial charge in [0.05, 0.1) is 0 Å². The first kappa shape index (κ1) is 11.2. The van der Waals surface area contributed by atoms with Crippen LogP contribution in [-0.4, -0.2) is 4.57 Å². The van der Waals surface area contributed by atoms with E-state index >= 15 is 0 Å². The Morgan fingerprint density at radius 1 is 1.18 bits per heavy atom. The van der Waals surface area contributed by atoms with Crippen molar-refractivity contribution >= 4 is 0 Å². The number of benzene rings is 1. The summed E-state index contributed by atoms with van der Waals surface area (Å²) in [7, 11) is 0. The number of hydrogen-bond acceptors (Lipinski definition) is 2. The SMILES string of the molecule is Cc1cccc(-n2c(C)ccc(C#N)c2=O)c1. The van der Waals surface area contributed by atoms with Gasteiger partial charge in [0, 0.05) is 11.4 Å². The molecule has 1 heterocycles. The summed E-state index contributed by atoms with van der Waals surface area (Å²) < 4.78 is 1.56. The van der Waals surface area contributed by atoms with E-state index in [2.05, 4.69) is 0 Å². The molecule has 0 fully saturated rings. The van der Waals surface area contributed by atoms with Crippen molar-refractivity contribution in [3.63, 3.8) is 0 Å². The van der Waals surface area contributed by atoms with Gasteiger partial charge >= 0.3 is 0 Å². The van der Waals surface area contributed by atoms with E-state index in [1.54, 1.807) is 16.7 Å². The largest absolute Gasteiger partial charge is 0.280 e. The molecule has 0 saturated carbocycles. The van der Waals surface area contributed by atoms with Crippen LogP contribution in [0.25, 0.3) is 5.69 Å². The smallest absolute Gasteiger partial charge is 0.273 e. The van der Waals surface area contributed by atoms with Crippen molar-refractivity contribution in [1.29, 1.82) is 5.26 Å². The Morgan fingerprint density at radius 3 is 2.59 bits per heavy atom. The third-order valence-corrected chi connectivity index (χ3v) is 2.66. The molecule has 3 nitrogen and oxygen atoms in total. The number of aryl methyl sites for hydroxylation is 2. The van der Waals surface area contributed by atoms with Crippen LogP contribution in [0.5, 0.6) is 0 Å². The zero-order valence-electron chi connectivity index (χ0n) is 9.77. The van der Waals surface area contributed by atoms with E-state index in [1.165, 1.54) is 0 Å². The van der Waals surface area contributed by atoms with Gasteiger partial charge in [0.25, 0.3) is 5.56 Å². The fourth-order valence-corrected chi connectivity index (χ4v) is 1.80. The van der Waals surface area contributed by atoms with E-state index < -0.39 is 0 Å². The molecule has 0 bridgehead atoms. The number of nitrogens with zero attached hydrogens (tertiary/aromatic N) is 2. The molecule has 0 N–H and O–H groups in total. The average molecular weight is 224 g/mol. The summed E-state index contributed by atoms with van der Waals surface area (Å²) in [6.45, 7) is 3.82. The van der Waals surface area contributed by atoms with Gasteiger partial charge < -0.3 is 0 Å². The second kappa shape index (κ2) is 4.26. The highest BCUT2D eigenvalue weighted by molar-refractivity contribution is 5.40. The van der Waals surface area contributed by atoms with Gasteiger partial charge in [0.15, 0.2) is 0 Å². The van der Waals surface area contributed by atoms with Crippen molar-refractivity contribution in [2.24, 2.45) is 0 Å². The van der Waals surface area contributed by atoms with E-state index in [0.717, 1.165) is 16.9 Å². The van der Waals surface area contributed by atoms with Crippen LogP contribution in [0.1, 0.15) is 16.8 Å². The second-order valence-corrected chi connectivity index (χ2v) is 3.98. The first-order valence-corrected chi connectivity index (χ1v) is 5.33. The molecule has 1 aromatic carbocycles. The van der Waals surface area contributed by atoms with Crippen LogP contribution in [0.15, 0.2) is 41.2 Å². The summed E-state index contributed by atoms with van der Waals surface area (Å²) in [6.07, 6.45) is 0. The average Bonchev–Trinajstić information content (AvgIpc) is 2.29. The summed E-state index contributed by atoms with van der Waals surface area (Å²) in [6, 6.07) is 12.9. The van der Waals surface area contributed by atoms with E-state index in [0.29, 0.717) is 0 Å². The summed E-state index contributed by atoms with van der Waals surface area (Å²) in [5, 5.41) is 8.87. The molecule has 0 radical (unpaired) electrons. The molecule has 0 atom stereocenters. The van der Waals surface area contributed by atoms with Crippen molar-refractivity contribution in [1.82, 2.24) is 4.57 Å². The third kappa shape index (κ3) is 1.98. The lowest BCUT2D eigenvalue weighted by molar-refractivity contribution is 0.927. The number of aromatic nitrogens is 1. The quantitative estimate of drug-likeness (QED) is 0.746. The molecular formula is C14H12N2O. The molecule has 1 aromatic heterocycles. The lowest BCUT2D eigenvalue weighted by atomic mass is 10.2. The van der Waals surface area contributed by atoms with Gasteiger partial charge in [-0.25, -0.2) is 0 Å². The lowest BCUT2D eigenvalue weighted by Gasteiger charge is -2.10. The zero-order chi connectivity index (χ0) is 12.4. The van der Waals surface area contributed by atoms with Gasteiger partial charge in [-0.2, -0.15) is 5.26 Å². The number of nitriles is 1. The van der Waals surface area contributed by atoms with Crippen LogP contribution >= 0.6 is 0 Å². The summed E-state index contributed by atoms with van der Waals surface area (Å²) in [5.41, 5.74) is 2.59. The molecule has 0 saturated heterocycles. The topological polar surface area (TPSA) is 45.8 Å². The van der Waals surface area contributed by atoms with E-state index in [-0.39, 0.29) is 11.1 Å². The molecule has 84 valence electrons. The maximum atomic E-state index is 12.1. The van der Waals surface area contributed by atoms with E-state index in [9.17, 15) is 4.79 Å². The van der Waals surface area contributed by atoms with Crippen molar-refractivity contribution in [3.05, 3.63) is 63.6 Å². The van der Waals surface area contributed by atoms with Gasteiger partial charge in [-0.1, -0.05) is 12.1 Å². The molecule has 0 spiro atoms. The monoisotopic (exact) mass is 224 g/mol. The highest BCUT2D eigenvalue weighted by Crippen LogP contribution is 2.11. The van der Waals surface area contributed by atoms with Crippen LogP contribution in [-0.2, 0) is 0 Å². The zero-order valence-corrected chi connectivity index (χ0v) is 9.77.